The number of aryl methyl sites for hydroxylation is 1. The maximum atomic E-state index is 12.0. The lowest BCUT2D eigenvalue weighted by Gasteiger charge is -2.26. The zero-order valence-corrected chi connectivity index (χ0v) is 11.6. The molecule has 0 saturated carbocycles. The third kappa shape index (κ3) is 3.68. The number of carbonyl (C=O) groups is 1. The second-order valence-corrected chi connectivity index (χ2v) is 4.63. The molecule has 2 rings (SSSR count). The number of anilines is 1. The average molecular weight is 274 g/mol. The van der Waals surface area contributed by atoms with E-state index < -0.39 is 0 Å². The lowest BCUT2D eigenvalue weighted by molar-refractivity contribution is -0.134. The van der Waals surface area contributed by atoms with Gasteiger partial charge in [0.2, 0.25) is 5.91 Å². The van der Waals surface area contributed by atoms with Crippen LogP contribution in [0.2, 0.25) is 0 Å². The molecule has 0 bridgehead atoms. The summed E-state index contributed by atoms with van der Waals surface area (Å²) in [5, 5.41) is 12.1. The Morgan fingerprint density at radius 2 is 2.25 bits per heavy atom. The minimum Gasteiger partial charge on any atom is -0.378 e. The van der Waals surface area contributed by atoms with Gasteiger partial charge < -0.3 is 15.0 Å². The van der Waals surface area contributed by atoms with Gasteiger partial charge in [-0.25, -0.2) is 4.98 Å². The largest absolute Gasteiger partial charge is 0.378 e. The molecule has 6 heteroatoms. The molecule has 0 aliphatic carbocycles. The van der Waals surface area contributed by atoms with Crippen molar-refractivity contribution in [2.24, 2.45) is 0 Å². The van der Waals surface area contributed by atoms with Gasteiger partial charge in [0.25, 0.3) is 0 Å². The fraction of sp³-hybridized carbons (Fsp3) is 0.500. The first-order chi connectivity index (χ1) is 9.70. The van der Waals surface area contributed by atoms with E-state index in [2.05, 4.69) is 16.4 Å². The molecule has 1 saturated heterocycles. The summed E-state index contributed by atoms with van der Waals surface area (Å²) in [6.45, 7) is 4.87. The Balaban J connectivity index is 1.85. The molecule has 1 aromatic heterocycles. The number of rotatable bonds is 4. The van der Waals surface area contributed by atoms with Crippen molar-refractivity contribution in [2.75, 3.05) is 38.2 Å². The van der Waals surface area contributed by atoms with Crippen molar-refractivity contribution in [3.05, 3.63) is 23.4 Å². The van der Waals surface area contributed by atoms with Crippen molar-refractivity contribution in [3.63, 3.8) is 0 Å². The van der Waals surface area contributed by atoms with Crippen LogP contribution in [0.4, 0.5) is 5.82 Å². The van der Waals surface area contributed by atoms with Crippen LogP contribution >= 0.6 is 0 Å². The van der Waals surface area contributed by atoms with Crippen LogP contribution in [0, 0.1) is 18.3 Å². The molecule has 0 spiro atoms. The van der Waals surface area contributed by atoms with E-state index >= 15 is 0 Å². The summed E-state index contributed by atoms with van der Waals surface area (Å²) in [5.41, 5.74) is 1.33. The Morgan fingerprint density at radius 3 is 2.95 bits per heavy atom. The first-order valence-electron chi connectivity index (χ1n) is 6.68. The third-order valence-electron chi connectivity index (χ3n) is 3.15. The van der Waals surface area contributed by atoms with Gasteiger partial charge in [-0.2, -0.15) is 5.26 Å². The third-order valence-corrected chi connectivity index (χ3v) is 3.15. The number of pyridine rings is 1. The Labute approximate surface area is 118 Å². The van der Waals surface area contributed by atoms with Crippen LogP contribution in [-0.4, -0.2) is 48.6 Å². The lowest BCUT2D eigenvalue weighted by atomic mass is 10.2. The summed E-state index contributed by atoms with van der Waals surface area (Å²) in [6.07, 6.45) is 0.389. The molecule has 1 N–H and O–H groups in total. The van der Waals surface area contributed by atoms with Crippen LogP contribution in [0.15, 0.2) is 12.1 Å². The highest BCUT2D eigenvalue weighted by Crippen LogP contribution is 2.12. The average Bonchev–Trinajstić information content (AvgIpc) is 2.48. The molecule has 106 valence electrons. The molecular formula is C14H18N4O2. The fourth-order valence-corrected chi connectivity index (χ4v) is 2.04. The second-order valence-electron chi connectivity index (χ2n) is 4.63. The highest BCUT2D eigenvalue weighted by Gasteiger charge is 2.16. The van der Waals surface area contributed by atoms with Crippen LogP contribution < -0.4 is 5.32 Å². The minimum absolute atomic E-state index is 0.104. The molecule has 0 radical (unpaired) electrons. The van der Waals surface area contributed by atoms with E-state index in [1.807, 2.05) is 6.92 Å². The minimum atomic E-state index is 0.104. The van der Waals surface area contributed by atoms with Gasteiger partial charge in [-0.15, -0.1) is 0 Å². The molecule has 0 atom stereocenters. The quantitative estimate of drug-likeness (QED) is 0.883. The number of aromatic nitrogens is 1. The Morgan fingerprint density at radius 1 is 1.50 bits per heavy atom. The van der Waals surface area contributed by atoms with Gasteiger partial charge in [0.1, 0.15) is 11.9 Å². The van der Waals surface area contributed by atoms with Gasteiger partial charge in [-0.1, -0.05) is 0 Å². The van der Waals surface area contributed by atoms with Gasteiger partial charge >= 0.3 is 0 Å². The summed E-state index contributed by atoms with van der Waals surface area (Å²) in [5.74, 6) is 0.647. The SMILES string of the molecule is Cc1ccc(C#N)c(NCCC(=O)N2CCOCC2)n1. The van der Waals surface area contributed by atoms with E-state index in [0.717, 1.165) is 5.69 Å². The highest BCUT2D eigenvalue weighted by atomic mass is 16.5. The van der Waals surface area contributed by atoms with Gasteiger partial charge in [0.05, 0.1) is 18.8 Å². The number of nitrogens with one attached hydrogen (secondary N) is 1. The molecule has 6 nitrogen and oxygen atoms in total. The van der Waals surface area contributed by atoms with Gasteiger partial charge in [-0.3, -0.25) is 4.79 Å². The molecular weight excluding hydrogens is 256 g/mol. The molecule has 0 unspecified atom stereocenters. The monoisotopic (exact) mass is 274 g/mol. The normalized spacial score (nSPS) is 14.7. The standard InChI is InChI=1S/C14H18N4O2/c1-11-2-3-12(10-15)14(17-11)16-5-4-13(19)18-6-8-20-9-7-18/h2-3H,4-9H2,1H3,(H,16,17). The van der Waals surface area contributed by atoms with Gasteiger partial charge in [0.15, 0.2) is 0 Å². The molecule has 1 fully saturated rings. The van der Waals surface area contributed by atoms with Crippen LogP contribution in [0.25, 0.3) is 0 Å². The summed E-state index contributed by atoms with van der Waals surface area (Å²) >= 11 is 0. The second kappa shape index (κ2) is 6.87. The molecule has 1 aliphatic rings. The summed E-state index contributed by atoms with van der Waals surface area (Å²) in [4.78, 5) is 18.0. The number of ether oxygens (including phenoxy) is 1. The number of nitriles is 1. The van der Waals surface area contributed by atoms with E-state index in [1.54, 1.807) is 17.0 Å². The first kappa shape index (κ1) is 14.3. The molecule has 1 aliphatic heterocycles. The Hall–Kier alpha value is -2.13. The van der Waals surface area contributed by atoms with Crippen LogP contribution in [0.3, 0.4) is 0 Å². The van der Waals surface area contributed by atoms with Crippen molar-refractivity contribution in [3.8, 4) is 6.07 Å². The van der Waals surface area contributed by atoms with Gasteiger partial charge in [0, 0.05) is 31.7 Å². The molecule has 0 aromatic carbocycles. The summed E-state index contributed by atoms with van der Waals surface area (Å²) < 4.78 is 5.21. The molecule has 1 amide bonds. The number of carbonyl (C=O) groups excluding carboxylic acids is 1. The Kier molecular flexibility index (Phi) is 4.91. The number of nitrogens with zero attached hydrogens (tertiary/aromatic N) is 3. The van der Waals surface area contributed by atoms with Crippen LogP contribution in [0.1, 0.15) is 17.7 Å². The molecule has 20 heavy (non-hydrogen) atoms. The predicted molar refractivity (Wildman–Crippen MR) is 74.2 cm³/mol. The highest BCUT2D eigenvalue weighted by molar-refractivity contribution is 5.76. The van der Waals surface area contributed by atoms with Crippen molar-refractivity contribution in [1.82, 2.24) is 9.88 Å². The zero-order chi connectivity index (χ0) is 14.4. The number of hydrogen-bond acceptors (Lipinski definition) is 5. The maximum absolute atomic E-state index is 12.0. The lowest BCUT2D eigenvalue weighted by Crippen LogP contribution is -2.41. The van der Waals surface area contributed by atoms with E-state index in [4.69, 9.17) is 10.00 Å². The van der Waals surface area contributed by atoms with Gasteiger partial charge in [-0.05, 0) is 19.1 Å². The van der Waals surface area contributed by atoms with E-state index in [1.165, 1.54) is 0 Å². The van der Waals surface area contributed by atoms with Crippen molar-refractivity contribution in [1.29, 1.82) is 5.26 Å². The molecule has 2 heterocycles. The fourth-order valence-electron chi connectivity index (χ4n) is 2.04. The number of morpholine rings is 1. The number of hydrogen-bond donors (Lipinski definition) is 1. The summed E-state index contributed by atoms with van der Waals surface area (Å²) in [7, 11) is 0. The molecule has 1 aromatic rings. The van der Waals surface area contributed by atoms with Crippen molar-refractivity contribution < 1.29 is 9.53 Å². The Bertz CT molecular complexity index is 518. The van der Waals surface area contributed by atoms with Crippen molar-refractivity contribution in [2.45, 2.75) is 13.3 Å². The topological polar surface area (TPSA) is 78.2 Å². The maximum Gasteiger partial charge on any atom is 0.224 e. The van der Waals surface area contributed by atoms with E-state index in [-0.39, 0.29) is 5.91 Å². The first-order valence-corrected chi connectivity index (χ1v) is 6.68. The van der Waals surface area contributed by atoms with Crippen molar-refractivity contribution >= 4 is 11.7 Å². The summed E-state index contributed by atoms with van der Waals surface area (Å²) in [6, 6.07) is 5.61. The van der Waals surface area contributed by atoms with Crippen LogP contribution in [-0.2, 0) is 9.53 Å². The predicted octanol–water partition coefficient (Wildman–Crippen LogP) is 0.922. The van der Waals surface area contributed by atoms with Crippen LogP contribution in [0.5, 0.6) is 0 Å². The number of amides is 1. The zero-order valence-electron chi connectivity index (χ0n) is 11.6. The van der Waals surface area contributed by atoms with E-state index in [0.29, 0.717) is 50.7 Å². The smallest absolute Gasteiger partial charge is 0.224 e. The van der Waals surface area contributed by atoms with E-state index in [9.17, 15) is 4.79 Å².